The minimum Gasteiger partial charge on any atom is -0.495 e. The average Bonchev–Trinajstić information content (AvgIpc) is 3.11. The van der Waals surface area contributed by atoms with E-state index in [-0.39, 0.29) is 17.6 Å². The van der Waals surface area contributed by atoms with Gasteiger partial charge in [0.15, 0.2) is 0 Å². The molecule has 2 heterocycles. The summed E-state index contributed by atoms with van der Waals surface area (Å²) >= 11 is 0. The number of hydrogen-bond acceptors (Lipinski definition) is 5. The van der Waals surface area contributed by atoms with E-state index in [1.165, 1.54) is 6.92 Å². The molecule has 0 aliphatic carbocycles. The molecule has 1 fully saturated rings. The number of rotatable bonds is 4. The number of carbonyl (C=O) groups excluding carboxylic acids is 2. The van der Waals surface area contributed by atoms with Crippen molar-refractivity contribution in [3.8, 4) is 5.75 Å². The highest BCUT2D eigenvalue weighted by Crippen LogP contribution is 2.33. The number of hydrogen-bond donors (Lipinski definition) is 1. The van der Waals surface area contributed by atoms with Crippen LogP contribution >= 0.6 is 0 Å². The first-order valence-corrected chi connectivity index (χ1v) is 9.55. The summed E-state index contributed by atoms with van der Waals surface area (Å²) in [5.74, 6) is 0.529. The Morgan fingerprint density at radius 2 is 1.69 bits per heavy atom. The third-order valence-corrected chi connectivity index (χ3v) is 5.08. The molecule has 0 bridgehead atoms. The fourth-order valence-corrected chi connectivity index (χ4v) is 3.68. The van der Waals surface area contributed by atoms with Crippen LogP contribution in [-0.4, -0.2) is 50.0 Å². The molecule has 0 radical (unpaired) electrons. The van der Waals surface area contributed by atoms with Crippen LogP contribution in [0.4, 0.5) is 11.4 Å². The average molecular weight is 393 g/mol. The van der Waals surface area contributed by atoms with Gasteiger partial charge in [0.1, 0.15) is 17.0 Å². The zero-order valence-corrected chi connectivity index (χ0v) is 16.5. The summed E-state index contributed by atoms with van der Waals surface area (Å²) < 4.78 is 11.3. The number of nitrogens with zero attached hydrogens (tertiary/aromatic N) is 2. The topological polar surface area (TPSA) is 75.0 Å². The van der Waals surface area contributed by atoms with E-state index in [0.717, 1.165) is 16.8 Å². The number of methoxy groups -OCH3 is 1. The van der Waals surface area contributed by atoms with Crippen LogP contribution in [0, 0.1) is 0 Å². The summed E-state index contributed by atoms with van der Waals surface area (Å²) in [4.78, 5) is 28.8. The molecule has 0 unspecified atom stereocenters. The van der Waals surface area contributed by atoms with E-state index >= 15 is 0 Å². The largest absolute Gasteiger partial charge is 0.495 e. The van der Waals surface area contributed by atoms with E-state index in [9.17, 15) is 9.59 Å². The van der Waals surface area contributed by atoms with Crippen molar-refractivity contribution in [2.24, 2.45) is 0 Å². The van der Waals surface area contributed by atoms with Gasteiger partial charge in [0.25, 0.3) is 5.91 Å². The minimum atomic E-state index is -0.244. The van der Waals surface area contributed by atoms with Crippen molar-refractivity contribution >= 4 is 34.2 Å². The van der Waals surface area contributed by atoms with Crippen LogP contribution < -0.4 is 15.0 Å². The number of ether oxygens (including phenoxy) is 1. The SMILES string of the molecule is COc1ccccc1N1CCN(C(=O)c2oc3ccccc3c2NC(C)=O)CC1. The smallest absolute Gasteiger partial charge is 0.291 e. The molecule has 0 atom stereocenters. The second-order valence-corrected chi connectivity index (χ2v) is 6.93. The van der Waals surface area contributed by atoms with Crippen molar-refractivity contribution in [2.45, 2.75) is 6.92 Å². The Labute approximate surface area is 168 Å². The predicted octanol–water partition coefficient (Wildman–Crippen LogP) is 3.36. The molecule has 1 N–H and O–H groups in total. The van der Waals surface area contributed by atoms with Crippen LogP contribution in [0.3, 0.4) is 0 Å². The van der Waals surface area contributed by atoms with Crippen molar-refractivity contribution < 1.29 is 18.7 Å². The first kappa shape index (κ1) is 18.9. The summed E-state index contributed by atoms with van der Waals surface area (Å²) in [7, 11) is 1.66. The summed E-state index contributed by atoms with van der Waals surface area (Å²) in [6.07, 6.45) is 0. The van der Waals surface area contributed by atoms with E-state index in [1.54, 1.807) is 18.1 Å². The number of furan rings is 1. The highest BCUT2D eigenvalue weighted by molar-refractivity contribution is 6.10. The van der Waals surface area contributed by atoms with E-state index in [2.05, 4.69) is 10.2 Å². The molecular formula is C22H23N3O4. The third kappa shape index (κ3) is 3.63. The number of para-hydroxylation sites is 3. The number of anilines is 2. The van der Waals surface area contributed by atoms with Gasteiger partial charge in [-0.05, 0) is 24.3 Å². The van der Waals surface area contributed by atoms with Gasteiger partial charge in [-0.2, -0.15) is 0 Å². The van der Waals surface area contributed by atoms with Gasteiger partial charge in [0, 0.05) is 38.5 Å². The van der Waals surface area contributed by atoms with Crippen LogP contribution in [0.1, 0.15) is 17.5 Å². The van der Waals surface area contributed by atoms with Gasteiger partial charge in [-0.25, -0.2) is 0 Å². The van der Waals surface area contributed by atoms with Crippen LogP contribution in [0.2, 0.25) is 0 Å². The summed E-state index contributed by atoms with van der Waals surface area (Å²) in [6.45, 7) is 3.88. The molecule has 1 saturated heterocycles. The number of fused-ring (bicyclic) bond motifs is 1. The zero-order chi connectivity index (χ0) is 20.4. The Balaban J connectivity index is 1.55. The molecule has 7 heteroatoms. The molecule has 150 valence electrons. The van der Waals surface area contributed by atoms with Gasteiger partial charge in [0.2, 0.25) is 11.7 Å². The maximum atomic E-state index is 13.2. The predicted molar refractivity (Wildman–Crippen MR) is 112 cm³/mol. The molecule has 2 amide bonds. The quantitative estimate of drug-likeness (QED) is 0.736. The first-order chi connectivity index (χ1) is 14.1. The monoisotopic (exact) mass is 393 g/mol. The van der Waals surface area contributed by atoms with Crippen LogP contribution in [0.25, 0.3) is 11.0 Å². The van der Waals surface area contributed by atoms with Gasteiger partial charge in [-0.3, -0.25) is 9.59 Å². The van der Waals surface area contributed by atoms with E-state index in [0.29, 0.717) is 37.4 Å². The van der Waals surface area contributed by atoms with Gasteiger partial charge < -0.3 is 24.3 Å². The van der Waals surface area contributed by atoms with Crippen molar-refractivity contribution in [3.63, 3.8) is 0 Å². The molecule has 7 nitrogen and oxygen atoms in total. The highest BCUT2D eigenvalue weighted by Gasteiger charge is 2.29. The van der Waals surface area contributed by atoms with Crippen LogP contribution in [0.5, 0.6) is 5.75 Å². The number of nitrogens with one attached hydrogen (secondary N) is 1. The van der Waals surface area contributed by atoms with Crippen molar-refractivity contribution in [1.29, 1.82) is 0 Å². The van der Waals surface area contributed by atoms with Crippen molar-refractivity contribution in [1.82, 2.24) is 4.90 Å². The lowest BCUT2D eigenvalue weighted by Gasteiger charge is -2.36. The van der Waals surface area contributed by atoms with E-state index in [4.69, 9.17) is 9.15 Å². The maximum Gasteiger partial charge on any atom is 0.291 e. The lowest BCUT2D eigenvalue weighted by Crippen LogP contribution is -2.49. The first-order valence-electron chi connectivity index (χ1n) is 9.55. The minimum absolute atomic E-state index is 0.173. The Kier molecular flexibility index (Phi) is 5.12. The Morgan fingerprint density at radius 1 is 1.00 bits per heavy atom. The van der Waals surface area contributed by atoms with Gasteiger partial charge in [-0.1, -0.05) is 24.3 Å². The molecule has 0 spiro atoms. The normalized spacial score (nSPS) is 14.1. The second kappa shape index (κ2) is 7.87. The third-order valence-electron chi connectivity index (χ3n) is 5.08. The summed E-state index contributed by atoms with van der Waals surface area (Å²) in [6, 6.07) is 15.2. The maximum absolute atomic E-state index is 13.2. The second-order valence-electron chi connectivity index (χ2n) is 6.93. The van der Waals surface area contributed by atoms with E-state index in [1.807, 2.05) is 42.5 Å². The van der Waals surface area contributed by atoms with Gasteiger partial charge in [0.05, 0.1) is 12.8 Å². The number of piperazine rings is 1. The molecule has 0 saturated carbocycles. The number of amides is 2. The van der Waals surface area contributed by atoms with Crippen LogP contribution in [0.15, 0.2) is 52.9 Å². The molecule has 1 aliphatic rings. The molecule has 1 aromatic heterocycles. The molecule has 3 aromatic rings. The van der Waals surface area contributed by atoms with Crippen LogP contribution in [-0.2, 0) is 4.79 Å². The molecule has 4 rings (SSSR count). The molecule has 29 heavy (non-hydrogen) atoms. The molecule has 1 aliphatic heterocycles. The Bertz CT molecular complexity index is 1050. The lowest BCUT2D eigenvalue weighted by molar-refractivity contribution is -0.114. The van der Waals surface area contributed by atoms with Gasteiger partial charge in [-0.15, -0.1) is 0 Å². The van der Waals surface area contributed by atoms with Crippen molar-refractivity contribution in [2.75, 3.05) is 43.5 Å². The Hall–Kier alpha value is -3.48. The molecule has 2 aromatic carbocycles. The summed E-state index contributed by atoms with van der Waals surface area (Å²) in [5, 5.41) is 3.48. The fourth-order valence-electron chi connectivity index (χ4n) is 3.68. The summed E-state index contributed by atoms with van der Waals surface area (Å²) in [5.41, 5.74) is 2.03. The standard InChI is InChI=1S/C22H23N3O4/c1-15(26)23-20-16-7-3-5-9-18(16)29-21(20)22(27)25-13-11-24(12-14-25)17-8-4-6-10-19(17)28-2/h3-10H,11-14H2,1-2H3,(H,23,26). The molecular weight excluding hydrogens is 370 g/mol. The van der Waals surface area contributed by atoms with Crippen molar-refractivity contribution in [3.05, 3.63) is 54.3 Å². The number of carbonyl (C=O) groups is 2. The van der Waals surface area contributed by atoms with Gasteiger partial charge >= 0.3 is 0 Å². The lowest BCUT2D eigenvalue weighted by atomic mass is 10.2. The van der Waals surface area contributed by atoms with E-state index < -0.39 is 0 Å². The zero-order valence-electron chi connectivity index (χ0n) is 16.5. The Morgan fingerprint density at radius 3 is 2.41 bits per heavy atom. The fraction of sp³-hybridized carbons (Fsp3) is 0.273. The highest BCUT2D eigenvalue weighted by atomic mass is 16.5. The number of benzene rings is 2.